The van der Waals surface area contributed by atoms with Crippen molar-refractivity contribution >= 4 is 11.7 Å². The molecular formula is C20H26N4O. The molecule has 132 valence electrons. The number of hydrogen-bond donors (Lipinski definition) is 1. The van der Waals surface area contributed by atoms with E-state index in [0.29, 0.717) is 29.8 Å². The number of benzene rings is 1. The van der Waals surface area contributed by atoms with Crippen molar-refractivity contribution in [3.8, 4) is 0 Å². The van der Waals surface area contributed by atoms with E-state index in [9.17, 15) is 4.79 Å². The minimum atomic E-state index is 0.0105. The molecular weight excluding hydrogens is 312 g/mol. The zero-order chi connectivity index (χ0) is 17.8. The van der Waals surface area contributed by atoms with Gasteiger partial charge >= 0.3 is 0 Å². The third kappa shape index (κ3) is 4.35. The predicted octanol–water partition coefficient (Wildman–Crippen LogP) is 3.58. The summed E-state index contributed by atoms with van der Waals surface area (Å²) >= 11 is 0. The Morgan fingerprint density at radius 1 is 1.20 bits per heavy atom. The molecule has 0 unspecified atom stereocenters. The van der Waals surface area contributed by atoms with Crippen molar-refractivity contribution < 1.29 is 4.79 Å². The van der Waals surface area contributed by atoms with Crippen LogP contribution < -0.4 is 5.32 Å². The number of likely N-dealkylation sites (tertiary alicyclic amines) is 1. The molecule has 0 radical (unpaired) electrons. The van der Waals surface area contributed by atoms with Gasteiger partial charge in [-0.25, -0.2) is 9.97 Å². The zero-order valence-electron chi connectivity index (χ0n) is 15.2. The number of carbonyl (C=O) groups excluding carboxylic acids is 1. The third-order valence-corrected chi connectivity index (χ3v) is 4.85. The van der Waals surface area contributed by atoms with E-state index >= 15 is 0 Å². The molecule has 0 aliphatic carbocycles. The highest BCUT2D eigenvalue weighted by Crippen LogP contribution is 2.19. The zero-order valence-corrected chi connectivity index (χ0v) is 15.2. The lowest BCUT2D eigenvalue weighted by Crippen LogP contribution is -2.38. The monoisotopic (exact) mass is 338 g/mol. The molecule has 25 heavy (non-hydrogen) atoms. The number of rotatable bonds is 4. The van der Waals surface area contributed by atoms with Gasteiger partial charge in [-0.05, 0) is 43.7 Å². The first-order valence-electron chi connectivity index (χ1n) is 8.96. The van der Waals surface area contributed by atoms with Gasteiger partial charge in [-0.3, -0.25) is 4.79 Å². The van der Waals surface area contributed by atoms with Gasteiger partial charge in [0.2, 0.25) is 0 Å². The Morgan fingerprint density at radius 3 is 2.64 bits per heavy atom. The van der Waals surface area contributed by atoms with Crippen LogP contribution in [0.15, 0.2) is 30.3 Å². The topological polar surface area (TPSA) is 58.1 Å². The van der Waals surface area contributed by atoms with Gasteiger partial charge in [-0.2, -0.15) is 0 Å². The molecule has 0 bridgehead atoms. The number of amides is 1. The van der Waals surface area contributed by atoms with E-state index < -0.39 is 0 Å². The van der Waals surface area contributed by atoms with Gasteiger partial charge in [0.25, 0.3) is 5.91 Å². The summed E-state index contributed by atoms with van der Waals surface area (Å²) in [4.78, 5) is 23.4. The summed E-state index contributed by atoms with van der Waals surface area (Å²) in [6, 6.07) is 10.0. The first kappa shape index (κ1) is 17.4. The van der Waals surface area contributed by atoms with E-state index in [0.717, 1.165) is 25.9 Å². The van der Waals surface area contributed by atoms with Crippen molar-refractivity contribution in [2.45, 2.75) is 40.2 Å². The van der Waals surface area contributed by atoms with E-state index in [1.54, 1.807) is 6.07 Å². The molecule has 0 atom stereocenters. The highest BCUT2D eigenvalue weighted by atomic mass is 16.2. The molecule has 5 nitrogen and oxygen atoms in total. The molecule has 1 aromatic heterocycles. The maximum Gasteiger partial charge on any atom is 0.272 e. The van der Waals surface area contributed by atoms with E-state index in [1.165, 1.54) is 11.1 Å². The molecule has 5 heteroatoms. The second kappa shape index (κ2) is 7.64. The van der Waals surface area contributed by atoms with E-state index in [4.69, 9.17) is 0 Å². The average Bonchev–Trinajstić information content (AvgIpc) is 2.60. The first-order chi connectivity index (χ1) is 12.0. The van der Waals surface area contributed by atoms with Crippen molar-refractivity contribution in [2.24, 2.45) is 5.92 Å². The maximum absolute atomic E-state index is 12.7. The van der Waals surface area contributed by atoms with Crippen LogP contribution in [0.1, 0.15) is 47.2 Å². The molecule has 1 amide bonds. The summed E-state index contributed by atoms with van der Waals surface area (Å²) in [5, 5.41) is 3.33. The lowest BCUT2D eigenvalue weighted by atomic mass is 9.99. The fourth-order valence-electron chi connectivity index (χ4n) is 3.14. The number of nitrogens with one attached hydrogen (secondary N) is 1. The fourth-order valence-corrected chi connectivity index (χ4v) is 3.14. The number of piperidine rings is 1. The average molecular weight is 338 g/mol. The second-order valence-electron chi connectivity index (χ2n) is 6.94. The molecule has 3 rings (SSSR count). The summed E-state index contributed by atoms with van der Waals surface area (Å²) < 4.78 is 0. The van der Waals surface area contributed by atoms with Crippen LogP contribution in [-0.4, -0.2) is 33.9 Å². The molecule has 0 saturated carbocycles. The van der Waals surface area contributed by atoms with Crippen molar-refractivity contribution in [3.63, 3.8) is 0 Å². The van der Waals surface area contributed by atoms with Gasteiger partial charge in [0.15, 0.2) is 0 Å². The lowest BCUT2D eigenvalue weighted by Gasteiger charge is -2.30. The highest BCUT2D eigenvalue weighted by molar-refractivity contribution is 5.93. The Balaban J connectivity index is 1.72. The minimum Gasteiger partial charge on any atom is -0.366 e. The lowest BCUT2D eigenvalue weighted by molar-refractivity contribution is 0.0691. The quantitative estimate of drug-likeness (QED) is 0.926. The molecule has 0 spiro atoms. The molecule has 1 saturated heterocycles. The number of aromatic nitrogens is 2. The molecule has 1 fully saturated rings. The van der Waals surface area contributed by atoms with Gasteiger partial charge in [0, 0.05) is 25.7 Å². The number of carbonyl (C=O) groups is 1. The normalized spacial score (nSPS) is 15.2. The van der Waals surface area contributed by atoms with Gasteiger partial charge in [0.1, 0.15) is 17.3 Å². The van der Waals surface area contributed by atoms with Crippen LogP contribution in [0.5, 0.6) is 0 Å². The Labute approximate surface area is 149 Å². The number of anilines is 1. The minimum absolute atomic E-state index is 0.0105. The van der Waals surface area contributed by atoms with E-state index in [-0.39, 0.29) is 5.91 Å². The van der Waals surface area contributed by atoms with Crippen LogP contribution in [-0.2, 0) is 6.54 Å². The summed E-state index contributed by atoms with van der Waals surface area (Å²) in [5.74, 6) is 2.02. The first-order valence-corrected chi connectivity index (χ1v) is 8.96. The Kier molecular flexibility index (Phi) is 5.31. The van der Waals surface area contributed by atoms with Crippen molar-refractivity contribution in [1.29, 1.82) is 0 Å². The summed E-state index contributed by atoms with van der Waals surface area (Å²) in [6.45, 7) is 8.47. The largest absolute Gasteiger partial charge is 0.366 e. The van der Waals surface area contributed by atoms with E-state index in [1.807, 2.05) is 24.0 Å². The Hall–Kier alpha value is -2.43. The predicted molar refractivity (Wildman–Crippen MR) is 99.6 cm³/mol. The van der Waals surface area contributed by atoms with Crippen molar-refractivity contribution in [2.75, 3.05) is 18.4 Å². The Morgan fingerprint density at radius 2 is 1.92 bits per heavy atom. The van der Waals surface area contributed by atoms with Crippen LogP contribution in [0.2, 0.25) is 0 Å². The molecule has 1 aliphatic rings. The fraction of sp³-hybridized carbons (Fsp3) is 0.450. The van der Waals surface area contributed by atoms with E-state index in [2.05, 4.69) is 41.3 Å². The van der Waals surface area contributed by atoms with Crippen molar-refractivity contribution in [1.82, 2.24) is 14.9 Å². The standard InChI is InChI=1S/C20H26N4O/c1-14-8-10-24(11-9-14)20(25)18-12-19(23-16(3)22-18)21-13-17-7-5-4-6-15(17)2/h4-7,12,14H,8-11,13H2,1-3H3,(H,21,22,23). The number of aryl methyl sites for hydroxylation is 2. The summed E-state index contributed by atoms with van der Waals surface area (Å²) in [7, 11) is 0. The van der Waals surface area contributed by atoms with Gasteiger partial charge in [-0.1, -0.05) is 31.2 Å². The molecule has 2 heterocycles. The van der Waals surface area contributed by atoms with Gasteiger partial charge < -0.3 is 10.2 Å². The summed E-state index contributed by atoms with van der Waals surface area (Å²) in [6.07, 6.45) is 2.13. The Bertz CT molecular complexity index is 751. The molecule has 1 aromatic carbocycles. The van der Waals surface area contributed by atoms with Crippen LogP contribution in [0.25, 0.3) is 0 Å². The molecule has 1 N–H and O–H groups in total. The highest BCUT2D eigenvalue weighted by Gasteiger charge is 2.23. The molecule has 2 aromatic rings. The van der Waals surface area contributed by atoms with Crippen LogP contribution >= 0.6 is 0 Å². The summed E-state index contributed by atoms with van der Waals surface area (Å²) in [5.41, 5.74) is 2.94. The smallest absolute Gasteiger partial charge is 0.272 e. The number of nitrogens with zero attached hydrogens (tertiary/aromatic N) is 3. The van der Waals surface area contributed by atoms with Crippen LogP contribution in [0, 0.1) is 19.8 Å². The maximum atomic E-state index is 12.7. The second-order valence-corrected chi connectivity index (χ2v) is 6.94. The number of hydrogen-bond acceptors (Lipinski definition) is 4. The third-order valence-electron chi connectivity index (χ3n) is 4.85. The van der Waals surface area contributed by atoms with Crippen LogP contribution in [0.3, 0.4) is 0 Å². The van der Waals surface area contributed by atoms with Gasteiger partial charge in [0.05, 0.1) is 0 Å². The SMILES string of the molecule is Cc1nc(NCc2ccccc2C)cc(C(=O)N2CCC(C)CC2)n1. The van der Waals surface area contributed by atoms with Crippen LogP contribution in [0.4, 0.5) is 5.82 Å². The van der Waals surface area contributed by atoms with Crippen molar-refractivity contribution in [3.05, 3.63) is 53.0 Å². The van der Waals surface area contributed by atoms with Gasteiger partial charge in [-0.15, -0.1) is 0 Å². The molecule has 1 aliphatic heterocycles.